The van der Waals surface area contributed by atoms with Crippen molar-refractivity contribution in [3.8, 4) is 17.2 Å². The molecule has 0 spiro atoms. The third-order valence-corrected chi connectivity index (χ3v) is 3.45. The molecule has 0 heterocycles. The van der Waals surface area contributed by atoms with Gasteiger partial charge in [0.05, 0.1) is 6.10 Å². The molecule has 2 rings (SSSR count). The summed E-state index contributed by atoms with van der Waals surface area (Å²) in [6.45, 7) is 2.31. The number of nitrogens with one attached hydrogen (secondary N) is 1. The zero-order chi connectivity index (χ0) is 20.6. The van der Waals surface area contributed by atoms with Gasteiger partial charge in [0.15, 0.2) is 0 Å². The average molecular weight is 399 g/mol. The van der Waals surface area contributed by atoms with Crippen LogP contribution < -0.4 is 5.32 Å². The van der Waals surface area contributed by atoms with Crippen molar-refractivity contribution >= 4 is 10.4 Å². The molecule has 2 unspecified atom stereocenters. The number of phenolic OH excluding ortho intramolecular Hbond substituents is 3. The lowest BCUT2D eigenvalue weighted by atomic mass is 10.1. The summed E-state index contributed by atoms with van der Waals surface area (Å²) >= 11 is 0. The Morgan fingerprint density at radius 3 is 1.93 bits per heavy atom. The molecule has 0 aliphatic heterocycles. The van der Waals surface area contributed by atoms with Crippen LogP contribution in [-0.4, -0.2) is 50.5 Å². The highest BCUT2D eigenvalue weighted by Gasteiger charge is 2.12. The van der Waals surface area contributed by atoms with Crippen molar-refractivity contribution in [2.45, 2.75) is 25.5 Å². The molecule has 0 aliphatic carbocycles. The zero-order valence-electron chi connectivity index (χ0n) is 14.4. The van der Waals surface area contributed by atoms with Crippen LogP contribution in [0.25, 0.3) is 0 Å². The molecule has 0 fully saturated rings. The third kappa shape index (κ3) is 10.4. The van der Waals surface area contributed by atoms with Gasteiger partial charge in [0, 0.05) is 29.1 Å². The van der Waals surface area contributed by atoms with Gasteiger partial charge >= 0.3 is 0 Å². The quantitative estimate of drug-likeness (QED) is 0.346. The van der Waals surface area contributed by atoms with Gasteiger partial charge in [-0.3, -0.25) is 8.42 Å². The summed E-state index contributed by atoms with van der Waals surface area (Å²) in [6, 6.07) is 11.2. The molecule has 0 saturated carbocycles. The van der Waals surface area contributed by atoms with Crippen LogP contribution in [0.15, 0.2) is 42.5 Å². The monoisotopic (exact) mass is 399 g/mol. The second-order valence-corrected chi connectivity index (χ2v) is 6.70. The lowest BCUT2D eigenvalue weighted by Crippen LogP contribution is -2.32. The van der Waals surface area contributed by atoms with E-state index in [9.17, 15) is 20.4 Å². The fourth-order valence-corrected chi connectivity index (χ4v) is 2.30. The van der Waals surface area contributed by atoms with E-state index in [0.717, 1.165) is 12.0 Å². The minimum absolute atomic E-state index is 0.0776. The fourth-order valence-electron chi connectivity index (χ4n) is 2.30. The Labute approximate surface area is 157 Å². The number of phenols is 3. The van der Waals surface area contributed by atoms with E-state index in [2.05, 4.69) is 5.32 Å². The van der Waals surface area contributed by atoms with Gasteiger partial charge in [-0.25, -0.2) is 0 Å². The molecule has 0 bridgehead atoms. The molecule has 0 radical (unpaired) electrons. The summed E-state index contributed by atoms with van der Waals surface area (Å²) in [5, 5.41) is 41.4. The second-order valence-electron chi connectivity index (χ2n) is 5.89. The summed E-state index contributed by atoms with van der Waals surface area (Å²) in [6.07, 6.45) is -0.0570. The van der Waals surface area contributed by atoms with Crippen molar-refractivity contribution < 1.29 is 37.9 Å². The van der Waals surface area contributed by atoms with Crippen LogP contribution in [0, 0.1) is 0 Å². The largest absolute Gasteiger partial charge is 0.759 e. The topological polar surface area (TPSA) is 173 Å². The van der Waals surface area contributed by atoms with E-state index in [1.165, 1.54) is 18.2 Å². The van der Waals surface area contributed by atoms with Gasteiger partial charge < -0.3 is 34.8 Å². The number of benzene rings is 2. The van der Waals surface area contributed by atoms with Gasteiger partial charge in [-0.1, -0.05) is 12.1 Å². The molecule has 0 saturated heterocycles. The summed E-state index contributed by atoms with van der Waals surface area (Å²) in [5.41, 5.74) is 1.55. The van der Waals surface area contributed by atoms with Gasteiger partial charge in [0.1, 0.15) is 17.2 Å². The molecular weight excluding hydrogens is 378 g/mol. The molecule has 0 aromatic heterocycles. The highest BCUT2D eigenvalue weighted by molar-refractivity contribution is 7.79. The van der Waals surface area contributed by atoms with Gasteiger partial charge in [-0.2, -0.15) is 0 Å². The second kappa shape index (κ2) is 10.1. The van der Waals surface area contributed by atoms with Gasteiger partial charge in [0.25, 0.3) is 0 Å². The molecule has 5 N–H and O–H groups in total. The first kappa shape index (κ1) is 22.7. The van der Waals surface area contributed by atoms with Crippen molar-refractivity contribution in [3.05, 3.63) is 53.6 Å². The summed E-state index contributed by atoms with van der Waals surface area (Å²) in [5.74, 6) is 0.0841. The smallest absolute Gasteiger partial charge is 0.119 e. The van der Waals surface area contributed by atoms with Crippen LogP contribution in [0.2, 0.25) is 0 Å². The third-order valence-electron chi connectivity index (χ3n) is 3.45. The molecule has 10 heteroatoms. The fraction of sp³-hybridized carbons (Fsp3) is 0.294. The average Bonchev–Trinajstić information content (AvgIpc) is 2.52. The minimum Gasteiger partial charge on any atom is -0.759 e. The zero-order valence-corrected chi connectivity index (χ0v) is 15.3. The molecule has 27 heavy (non-hydrogen) atoms. The molecule has 2 aromatic carbocycles. The number of aliphatic hydroxyl groups is 1. The van der Waals surface area contributed by atoms with E-state index in [1.807, 2.05) is 19.1 Å². The number of aromatic hydroxyl groups is 3. The Kier molecular flexibility index (Phi) is 8.47. The predicted molar refractivity (Wildman–Crippen MR) is 94.5 cm³/mol. The van der Waals surface area contributed by atoms with Crippen molar-refractivity contribution in [1.82, 2.24) is 5.32 Å². The lowest BCUT2D eigenvalue weighted by Gasteiger charge is -2.18. The first-order chi connectivity index (χ1) is 12.4. The first-order valence-electron chi connectivity index (χ1n) is 7.83. The summed E-state index contributed by atoms with van der Waals surface area (Å²) < 4.78 is 34.1. The Morgan fingerprint density at radius 1 is 0.963 bits per heavy atom. The molecular formula is C17H21NO8S-2. The van der Waals surface area contributed by atoms with Crippen molar-refractivity contribution in [1.29, 1.82) is 0 Å². The number of hydrogen-bond donors (Lipinski definition) is 5. The van der Waals surface area contributed by atoms with Gasteiger partial charge in [-0.05, 0) is 48.7 Å². The first-order valence-corrected chi connectivity index (χ1v) is 9.16. The van der Waals surface area contributed by atoms with Crippen LogP contribution >= 0.6 is 0 Å². The maximum atomic E-state index is 10.1. The maximum absolute atomic E-state index is 10.1. The van der Waals surface area contributed by atoms with Crippen LogP contribution in [-0.2, 0) is 16.8 Å². The van der Waals surface area contributed by atoms with Gasteiger partial charge in [0.2, 0.25) is 0 Å². The predicted octanol–water partition coefficient (Wildman–Crippen LogP) is 0.720. The Morgan fingerprint density at radius 2 is 1.44 bits per heavy atom. The van der Waals surface area contributed by atoms with E-state index in [-0.39, 0.29) is 23.3 Å². The molecule has 150 valence electrons. The number of aliphatic hydroxyl groups excluding tert-OH is 1. The molecule has 9 nitrogen and oxygen atoms in total. The van der Waals surface area contributed by atoms with Crippen molar-refractivity contribution in [3.63, 3.8) is 0 Å². The standard InChI is InChI=1S/C17H21NO4.H2O4S/c1-11(6-12-2-4-14(19)5-3-12)18-10-17(22)13-7-15(20)9-16(21)8-13;1-5(2,3)4/h2-5,7-9,11,17-22H,6,10H2,1H3;(H2,1,2,3,4)/p-2. The minimum atomic E-state index is -5.17. The van der Waals surface area contributed by atoms with E-state index in [1.54, 1.807) is 12.1 Å². The van der Waals surface area contributed by atoms with Crippen LogP contribution in [0.3, 0.4) is 0 Å². The molecule has 0 amide bonds. The Bertz CT molecular complexity index is 795. The summed E-state index contributed by atoms with van der Waals surface area (Å²) in [7, 11) is -5.17. The maximum Gasteiger partial charge on any atom is 0.119 e. The van der Waals surface area contributed by atoms with Crippen LogP contribution in [0.1, 0.15) is 24.2 Å². The summed E-state index contributed by atoms with van der Waals surface area (Å²) in [4.78, 5) is 0. The van der Waals surface area contributed by atoms with Crippen molar-refractivity contribution in [2.24, 2.45) is 0 Å². The van der Waals surface area contributed by atoms with E-state index >= 15 is 0 Å². The van der Waals surface area contributed by atoms with E-state index in [4.69, 9.17) is 17.5 Å². The lowest BCUT2D eigenvalue weighted by molar-refractivity contribution is 0.170. The molecule has 0 aliphatic rings. The Balaban J connectivity index is 0.000000646. The molecule has 2 aromatic rings. The van der Waals surface area contributed by atoms with E-state index in [0.29, 0.717) is 12.1 Å². The SMILES string of the molecule is CC(Cc1ccc(O)cc1)NCC(O)c1cc(O)cc(O)c1.O=S(=O)([O-])[O-]. The van der Waals surface area contributed by atoms with Crippen LogP contribution in [0.5, 0.6) is 17.2 Å². The number of rotatable bonds is 6. The molecule has 2 atom stereocenters. The number of hydrogen-bond acceptors (Lipinski definition) is 9. The highest BCUT2D eigenvalue weighted by atomic mass is 32.3. The highest BCUT2D eigenvalue weighted by Crippen LogP contribution is 2.24. The van der Waals surface area contributed by atoms with Crippen LogP contribution in [0.4, 0.5) is 0 Å². The van der Waals surface area contributed by atoms with Crippen molar-refractivity contribution in [2.75, 3.05) is 6.54 Å². The van der Waals surface area contributed by atoms with Gasteiger partial charge in [-0.15, -0.1) is 0 Å². The normalized spacial score (nSPS) is 13.3. The Hall–Kier alpha value is -2.37. The van der Waals surface area contributed by atoms with E-state index < -0.39 is 16.5 Å².